The number of H-pyrrole nitrogens is 1. The van der Waals surface area contributed by atoms with Crippen LogP contribution < -0.4 is 10.0 Å². The fourth-order valence-corrected chi connectivity index (χ4v) is 3.40. The van der Waals surface area contributed by atoms with Crippen molar-refractivity contribution < 1.29 is 8.42 Å². The molecule has 0 aliphatic carbocycles. The number of nitrogens with one attached hydrogen (secondary N) is 3. The van der Waals surface area contributed by atoms with Gasteiger partial charge in [-0.3, -0.25) is 5.10 Å². The highest BCUT2D eigenvalue weighted by Gasteiger charge is 2.27. The van der Waals surface area contributed by atoms with E-state index >= 15 is 0 Å². The smallest absolute Gasteiger partial charge is 0.279 e. The summed E-state index contributed by atoms with van der Waals surface area (Å²) in [4.78, 5) is 3.88. The first-order chi connectivity index (χ1) is 9.12. The van der Waals surface area contributed by atoms with E-state index in [2.05, 4.69) is 25.2 Å². The summed E-state index contributed by atoms with van der Waals surface area (Å²) in [7, 11) is -1.50. The van der Waals surface area contributed by atoms with Gasteiger partial charge >= 0.3 is 0 Å². The molecule has 0 saturated carbocycles. The van der Waals surface area contributed by atoms with Gasteiger partial charge in [-0.1, -0.05) is 0 Å². The number of piperidine rings is 1. The zero-order chi connectivity index (χ0) is 13.7. The van der Waals surface area contributed by atoms with Crippen LogP contribution in [-0.4, -0.2) is 54.6 Å². The molecule has 0 unspecified atom stereocenters. The van der Waals surface area contributed by atoms with Crippen LogP contribution in [-0.2, 0) is 16.8 Å². The van der Waals surface area contributed by atoms with Crippen molar-refractivity contribution >= 4 is 10.2 Å². The van der Waals surface area contributed by atoms with Crippen molar-refractivity contribution in [1.29, 1.82) is 0 Å². The molecule has 0 radical (unpaired) electrons. The molecule has 0 bridgehead atoms. The van der Waals surface area contributed by atoms with Gasteiger partial charge in [-0.2, -0.15) is 22.5 Å². The third-order valence-electron chi connectivity index (χ3n) is 3.29. The molecule has 1 fully saturated rings. The Balaban J connectivity index is 1.83. The van der Waals surface area contributed by atoms with Crippen LogP contribution in [0.5, 0.6) is 0 Å². The second-order valence-corrected chi connectivity index (χ2v) is 6.41. The van der Waals surface area contributed by atoms with Gasteiger partial charge in [0.2, 0.25) is 0 Å². The van der Waals surface area contributed by atoms with E-state index in [1.807, 2.05) is 7.05 Å². The van der Waals surface area contributed by atoms with Crippen LogP contribution in [0, 0.1) is 5.92 Å². The lowest BCUT2D eigenvalue weighted by Crippen LogP contribution is -2.45. The Morgan fingerprint density at radius 1 is 1.47 bits per heavy atom. The van der Waals surface area contributed by atoms with E-state index in [-0.39, 0.29) is 6.54 Å². The van der Waals surface area contributed by atoms with Crippen molar-refractivity contribution in [2.75, 3.05) is 26.7 Å². The SMILES string of the molecule is CNCC1CCN(S(=O)(=O)NCc2ncn[nH]2)CC1. The minimum atomic E-state index is -3.42. The van der Waals surface area contributed by atoms with Crippen LogP contribution in [0.15, 0.2) is 6.33 Å². The average Bonchev–Trinajstić information content (AvgIpc) is 2.91. The van der Waals surface area contributed by atoms with E-state index < -0.39 is 10.2 Å². The third kappa shape index (κ3) is 3.96. The molecule has 2 rings (SSSR count). The first-order valence-electron chi connectivity index (χ1n) is 6.35. The number of hydrogen-bond donors (Lipinski definition) is 3. The van der Waals surface area contributed by atoms with Crippen molar-refractivity contribution in [1.82, 2.24) is 29.5 Å². The molecule has 108 valence electrons. The minimum Gasteiger partial charge on any atom is -0.319 e. The maximum absolute atomic E-state index is 12.1. The van der Waals surface area contributed by atoms with Crippen molar-refractivity contribution in [3.05, 3.63) is 12.2 Å². The molecular formula is C10H20N6O2S. The molecule has 1 saturated heterocycles. The maximum atomic E-state index is 12.1. The van der Waals surface area contributed by atoms with Gasteiger partial charge in [0.25, 0.3) is 10.2 Å². The number of aromatic amines is 1. The zero-order valence-corrected chi connectivity index (χ0v) is 11.8. The molecule has 0 amide bonds. The molecule has 0 atom stereocenters. The Hall–Kier alpha value is -1.03. The summed E-state index contributed by atoms with van der Waals surface area (Å²) in [5, 5.41) is 9.43. The normalized spacial score (nSPS) is 18.8. The number of hydrogen-bond acceptors (Lipinski definition) is 5. The number of rotatable bonds is 6. The molecule has 3 N–H and O–H groups in total. The summed E-state index contributed by atoms with van der Waals surface area (Å²) >= 11 is 0. The van der Waals surface area contributed by atoms with Crippen molar-refractivity contribution in [3.8, 4) is 0 Å². The topological polar surface area (TPSA) is 103 Å². The lowest BCUT2D eigenvalue weighted by molar-refractivity contribution is 0.268. The lowest BCUT2D eigenvalue weighted by Gasteiger charge is -2.30. The van der Waals surface area contributed by atoms with Crippen LogP contribution in [0.3, 0.4) is 0 Å². The molecule has 19 heavy (non-hydrogen) atoms. The van der Waals surface area contributed by atoms with E-state index in [0.29, 0.717) is 24.8 Å². The van der Waals surface area contributed by atoms with Gasteiger partial charge in [-0.05, 0) is 32.4 Å². The Morgan fingerprint density at radius 2 is 2.21 bits per heavy atom. The zero-order valence-electron chi connectivity index (χ0n) is 11.0. The molecule has 0 spiro atoms. The Labute approximate surface area is 113 Å². The van der Waals surface area contributed by atoms with Crippen molar-refractivity contribution in [3.63, 3.8) is 0 Å². The molecule has 0 aromatic carbocycles. The molecule has 1 aromatic rings. The van der Waals surface area contributed by atoms with Gasteiger partial charge in [0.15, 0.2) is 0 Å². The Kier molecular flexibility index (Phi) is 4.86. The first kappa shape index (κ1) is 14.4. The van der Waals surface area contributed by atoms with Gasteiger partial charge in [-0.25, -0.2) is 4.98 Å². The summed E-state index contributed by atoms with van der Waals surface area (Å²) in [6, 6.07) is 0. The highest BCUT2D eigenvalue weighted by molar-refractivity contribution is 7.87. The maximum Gasteiger partial charge on any atom is 0.279 e. The fraction of sp³-hybridized carbons (Fsp3) is 0.800. The monoisotopic (exact) mass is 288 g/mol. The largest absolute Gasteiger partial charge is 0.319 e. The predicted molar refractivity (Wildman–Crippen MR) is 70.4 cm³/mol. The van der Waals surface area contributed by atoms with Gasteiger partial charge in [-0.15, -0.1) is 0 Å². The van der Waals surface area contributed by atoms with Crippen LogP contribution in [0.25, 0.3) is 0 Å². The fourth-order valence-electron chi connectivity index (χ4n) is 2.21. The Morgan fingerprint density at radius 3 is 2.79 bits per heavy atom. The summed E-state index contributed by atoms with van der Waals surface area (Å²) in [5.74, 6) is 1.07. The lowest BCUT2D eigenvalue weighted by atomic mass is 9.98. The third-order valence-corrected chi connectivity index (χ3v) is 4.85. The molecule has 9 heteroatoms. The highest BCUT2D eigenvalue weighted by Crippen LogP contribution is 2.18. The summed E-state index contributed by atoms with van der Waals surface area (Å²) in [6.07, 6.45) is 3.14. The van der Waals surface area contributed by atoms with Gasteiger partial charge in [0.05, 0.1) is 6.54 Å². The van der Waals surface area contributed by atoms with E-state index in [4.69, 9.17) is 0 Å². The van der Waals surface area contributed by atoms with Crippen molar-refractivity contribution in [2.45, 2.75) is 19.4 Å². The summed E-state index contributed by atoms with van der Waals surface area (Å²) < 4.78 is 28.2. The number of nitrogens with zero attached hydrogens (tertiary/aromatic N) is 3. The van der Waals surface area contributed by atoms with Crippen molar-refractivity contribution in [2.24, 2.45) is 5.92 Å². The second kappa shape index (κ2) is 6.42. The predicted octanol–water partition coefficient (Wildman–Crippen LogP) is -0.929. The van der Waals surface area contributed by atoms with Crippen LogP contribution in [0.2, 0.25) is 0 Å². The van der Waals surface area contributed by atoms with Gasteiger partial charge < -0.3 is 5.32 Å². The van der Waals surface area contributed by atoms with Gasteiger partial charge in [0, 0.05) is 13.1 Å². The number of aromatic nitrogens is 3. The van der Waals surface area contributed by atoms with Gasteiger partial charge in [0.1, 0.15) is 12.2 Å². The van der Waals surface area contributed by atoms with E-state index in [9.17, 15) is 8.42 Å². The van der Waals surface area contributed by atoms with Crippen LogP contribution >= 0.6 is 0 Å². The van der Waals surface area contributed by atoms with Crippen LogP contribution in [0.4, 0.5) is 0 Å². The molecule has 8 nitrogen and oxygen atoms in total. The molecule has 1 aliphatic rings. The minimum absolute atomic E-state index is 0.138. The first-order valence-corrected chi connectivity index (χ1v) is 7.79. The standard InChI is InChI=1S/C10H20N6O2S/c1-11-6-9-2-4-16(5-3-9)19(17,18)14-7-10-12-8-13-15-10/h8-9,11,14H,2-7H2,1H3,(H,12,13,15). The van der Waals surface area contributed by atoms with E-state index in [1.54, 1.807) is 0 Å². The molecular weight excluding hydrogens is 268 g/mol. The summed E-state index contributed by atoms with van der Waals surface area (Å²) in [5.41, 5.74) is 0. The second-order valence-electron chi connectivity index (χ2n) is 4.66. The molecule has 1 aliphatic heterocycles. The summed E-state index contributed by atoms with van der Waals surface area (Å²) in [6.45, 7) is 2.22. The highest BCUT2D eigenvalue weighted by atomic mass is 32.2. The molecule has 2 heterocycles. The quantitative estimate of drug-likeness (QED) is 0.627. The Bertz CT molecular complexity index is 466. The van der Waals surface area contributed by atoms with E-state index in [0.717, 1.165) is 19.4 Å². The van der Waals surface area contributed by atoms with E-state index in [1.165, 1.54) is 10.6 Å². The molecule has 1 aromatic heterocycles. The van der Waals surface area contributed by atoms with Crippen LogP contribution in [0.1, 0.15) is 18.7 Å². The average molecular weight is 288 g/mol.